The Kier molecular flexibility index (Phi) is 6.32. The summed E-state index contributed by atoms with van der Waals surface area (Å²) in [5.74, 6) is -0.675. The Morgan fingerprint density at radius 1 is 0.974 bits per heavy atom. The normalized spacial score (nSPS) is 15.1. The molecule has 0 saturated carbocycles. The number of hydrogen-bond donors (Lipinski definition) is 0. The average molecular weight is 517 g/mol. The largest absolute Gasteiger partial charge is 0.415 e. The van der Waals surface area contributed by atoms with Crippen LogP contribution in [0.3, 0.4) is 0 Å². The van der Waals surface area contributed by atoms with Crippen LogP contribution in [0.25, 0.3) is 33.6 Å². The third-order valence-electron chi connectivity index (χ3n) is 7.18. The van der Waals surface area contributed by atoms with Crippen molar-refractivity contribution >= 4 is 11.0 Å². The van der Waals surface area contributed by atoms with Gasteiger partial charge in [0.15, 0.2) is 0 Å². The Labute approximate surface area is 217 Å². The monoisotopic (exact) mass is 516 g/mol. The van der Waals surface area contributed by atoms with Crippen LogP contribution < -0.4 is 5.69 Å². The molecular weight excluding hydrogens is 490 g/mol. The van der Waals surface area contributed by atoms with Crippen LogP contribution in [0.5, 0.6) is 0 Å². The molecule has 0 radical (unpaired) electrons. The topological polar surface area (TPSA) is 82.0 Å². The molecule has 8 nitrogen and oxygen atoms in total. The number of imidazole rings is 1. The van der Waals surface area contributed by atoms with Crippen molar-refractivity contribution in [1.29, 1.82) is 0 Å². The molecule has 5 aromatic rings. The van der Waals surface area contributed by atoms with Crippen molar-refractivity contribution in [2.75, 3.05) is 20.1 Å². The van der Waals surface area contributed by atoms with Gasteiger partial charge in [-0.2, -0.15) is 8.78 Å². The van der Waals surface area contributed by atoms with E-state index in [0.29, 0.717) is 12.1 Å². The van der Waals surface area contributed by atoms with Gasteiger partial charge in [-0.1, -0.05) is 24.3 Å². The van der Waals surface area contributed by atoms with E-state index in [-0.39, 0.29) is 17.6 Å². The van der Waals surface area contributed by atoms with Crippen molar-refractivity contribution in [2.24, 2.45) is 0 Å². The Morgan fingerprint density at radius 2 is 1.74 bits per heavy atom. The fourth-order valence-electron chi connectivity index (χ4n) is 5.13. The first-order valence-corrected chi connectivity index (χ1v) is 12.5. The molecule has 1 aliphatic rings. The van der Waals surface area contributed by atoms with Gasteiger partial charge in [0.05, 0.1) is 17.6 Å². The van der Waals surface area contributed by atoms with Gasteiger partial charge in [0, 0.05) is 29.6 Å². The second-order valence-electron chi connectivity index (χ2n) is 9.66. The molecule has 4 heterocycles. The van der Waals surface area contributed by atoms with Gasteiger partial charge in [0.1, 0.15) is 0 Å². The zero-order valence-corrected chi connectivity index (χ0v) is 20.8. The molecule has 3 aromatic heterocycles. The van der Waals surface area contributed by atoms with Crippen molar-refractivity contribution in [3.05, 3.63) is 88.9 Å². The van der Waals surface area contributed by atoms with Crippen molar-refractivity contribution in [3.63, 3.8) is 0 Å². The average Bonchev–Trinajstić information content (AvgIpc) is 3.54. The molecule has 1 aliphatic heterocycles. The predicted molar refractivity (Wildman–Crippen MR) is 139 cm³/mol. The summed E-state index contributed by atoms with van der Waals surface area (Å²) >= 11 is 0. The minimum absolute atomic E-state index is 0.0315. The molecule has 38 heavy (non-hydrogen) atoms. The van der Waals surface area contributed by atoms with Crippen molar-refractivity contribution in [3.8, 4) is 22.6 Å². The first-order chi connectivity index (χ1) is 18.5. The lowest BCUT2D eigenvalue weighted by Gasteiger charge is -2.29. The third-order valence-corrected chi connectivity index (χ3v) is 7.18. The van der Waals surface area contributed by atoms with Crippen LogP contribution in [0.2, 0.25) is 0 Å². The second kappa shape index (κ2) is 9.94. The summed E-state index contributed by atoms with van der Waals surface area (Å²) in [6.07, 6.45) is 2.56. The number of hydrogen-bond acceptors (Lipinski definition) is 6. The molecule has 6 rings (SSSR count). The minimum atomic E-state index is -2.82. The summed E-state index contributed by atoms with van der Waals surface area (Å²) in [6.45, 7) is 2.25. The number of likely N-dealkylation sites (tertiary alicyclic amines) is 1. The number of aromatic nitrogens is 5. The second-order valence-corrected chi connectivity index (χ2v) is 9.66. The molecule has 0 bridgehead atoms. The van der Waals surface area contributed by atoms with Gasteiger partial charge in [0.2, 0.25) is 5.89 Å². The maximum Gasteiger partial charge on any atom is 0.329 e. The quantitative estimate of drug-likeness (QED) is 0.310. The lowest BCUT2D eigenvalue weighted by molar-refractivity contribution is 0.116. The number of piperidine rings is 1. The number of rotatable bonds is 6. The van der Waals surface area contributed by atoms with E-state index in [1.807, 2.05) is 51.7 Å². The molecule has 194 valence electrons. The van der Waals surface area contributed by atoms with Crippen molar-refractivity contribution in [1.82, 2.24) is 29.2 Å². The zero-order chi connectivity index (χ0) is 26.2. The van der Waals surface area contributed by atoms with E-state index in [4.69, 9.17) is 4.42 Å². The number of pyridine rings is 1. The highest BCUT2D eigenvalue weighted by Crippen LogP contribution is 2.29. The van der Waals surface area contributed by atoms with E-state index >= 15 is 0 Å². The Balaban J connectivity index is 1.39. The Hall–Kier alpha value is -4.18. The molecule has 0 unspecified atom stereocenters. The van der Waals surface area contributed by atoms with Gasteiger partial charge in [-0.25, -0.2) is 4.79 Å². The summed E-state index contributed by atoms with van der Waals surface area (Å²) in [4.78, 5) is 20.4. The smallest absolute Gasteiger partial charge is 0.329 e. The summed E-state index contributed by atoms with van der Waals surface area (Å²) in [5, 5.41) is 7.10. The van der Waals surface area contributed by atoms with Crippen molar-refractivity contribution < 1.29 is 13.2 Å². The van der Waals surface area contributed by atoms with Gasteiger partial charge in [-0.05, 0) is 74.4 Å². The van der Waals surface area contributed by atoms with E-state index in [0.717, 1.165) is 53.7 Å². The van der Waals surface area contributed by atoms with Gasteiger partial charge in [-0.15, -0.1) is 10.2 Å². The standard InChI is InChI=1S/C28H26F2N6O2/c1-34-13-10-22(11-14-34)36-23-9-8-20(21-3-2-12-31-16-21)15-24(23)35(28(36)37)17-18-4-6-19(7-5-18)26-32-33-27(38-26)25(29)30/h2-9,12,15-16,22,25H,10-11,13-14,17H2,1H3. The van der Waals surface area contributed by atoms with Crippen LogP contribution in [-0.2, 0) is 6.54 Å². The number of benzene rings is 2. The maximum atomic E-state index is 13.9. The summed E-state index contributed by atoms with van der Waals surface area (Å²) < 4.78 is 34.5. The fourth-order valence-corrected chi connectivity index (χ4v) is 5.13. The highest BCUT2D eigenvalue weighted by molar-refractivity contribution is 5.83. The van der Waals surface area contributed by atoms with Crippen molar-refractivity contribution in [2.45, 2.75) is 31.9 Å². The van der Waals surface area contributed by atoms with E-state index in [1.54, 1.807) is 18.3 Å². The number of nitrogens with zero attached hydrogens (tertiary/aromatic N) is 6. The minimum Gasteiger partial charge on any atom is -0.415 e. The number of alkyl halides is 2. The predicted octanol–water partition coefficient (Wildman–Crippen LogP) is 5.17. The van der Waals surface area contributed by atoms with Crippen LogP contribution in [0.4, 0.5) is 8.78 Å². The first kappa shape index (κ1) is 24.2. The van der Waals surface area contributed by atoms with E-state index in [2.05, 4.69) is 33.2 Å². The first-order valence-electron chi connectivity index (χ1n) is 12.5. The lowest BCUT2D eigenvalue weighted by Crippen LogP contribution is -2.36. The van der Waals surface area contributed by atoms with E-state index in [9.17, 15) is 13.6 Å². The molecule has 0 amide bonds. The Bertz CT molecular complexity index is 1620. The highest BCUT2D eigenvalue weighted by Gasteiger charge is 2.24. The fraction of sp³-hybridized carbons (Fsp3) is 0.286. The van der Waals surface area contributed by atoms with E-state index < -0.39 is 12.3 Å². The maximum absolute atomic E-state index is 13.9. The molecule has 0 N–H and O–H groups in total. The lowest BCUT2D eigenvalue weighted by atomic mass is 10.0. The molecule has 1 fully saturated rings. The molecule has 10 heteroatoms. The van der Waals surface area contributed by atoms with Gasteiger partial charge in [0.25, 0.3) is 5.89 Å². The highest BCUT2D eigenvalue weighted by atomic mass is 19.3. The Morgan fingerprint density at radius 3 is 2.42 bits per heavy atom. The molecule has 0 aliphatic carbocycles. The molecule has 0 spiro atoms. The van der Waals surface area contributed by atoms with Crippen LogP contribution in [0, 0.1) is 0 Å². The summed E-state index contributed by atoms with van der Waals surface area (Å²) in [5.41, 5.74) is 5.12. The molecule has 1 saturated heterocycles. The van der Waals surface area contributed by atoms with Gasteiger partial charge < -0.3 is 9.32 Å². The van der Waals surface area contributed by atoms with Crippen LogP contribution >= 0.6 is 0 Å². The van der Waals surface area contributed by atoms with Crippen LogP contribution in [-0.4, -0.2) is 49.4 Å². The SMILES string of the molecule is CN1CCC(n2c(=O)n(Cc3ccc(-c4nnc(C(F)F)o4)cc3)c3cc(-c4cccnc4)ccc32)CC1. The van der Waals surface area contributed by atoms with E-state index in [1.165, 1.54) is 0 Å². The van der Waals surface area contributed by atoms with Gasteiger partial charge in [-0.3, -0.25) is 14.1 Å². The van der Waals surface area contributed by atoms with Crippen LogP contribution in [0.15, 0.2) is 76.2 Å². The van der Waals surface area contributed by atoms with Gasteiger partial charge >= 0.3 is 12.1 Å². The molecule has 0 atom stereocenters. The summed E-state index contributed by atoms with van der Waals surface area (Å²) in [6, 6.07) is 17.3. The zero-order valence-electron chi connectivity index (χ0n) is 20.8. The number of halogens is 2. The molecule has 2 aromatic carbocycles. The summed E-state index contributed by atoms with van der Waals surface area (Å²) in [7, 11) is 2.11. The number of fused-ring (bicyclic) bond motifs is 1. The third kappa shape index (κ3) is 4.51. The molecular formula is C28H26F2N6O2. The van der Waals surface area contributed by atoms with Crippen LogP contribution in [0.1, 0.15) is 36.8 Å².